The molecule has 0 saturated carbocycles. The molecule has 0 aromatic rings. The van der Waals surface area contributed by atoms with Gasteiger partial charge in [-0.2, -0.15) is 25.3 Å². The maximum absolute atomic E-state index is 12.0. The summed E-state index contributed by atoms with van der Waals surface area (Å²) in [6, 6.07) is -3.58. The molecule has 0 rings (SSSR count). The second-order valence-corrected chi connectivity index (χ2v) is 5.58. The molecular weight excluding hydrogens is 374 g/mol. The predicted octanol–water partition coefficient (Wildman–Crippen LogP) is -2.20. The molecule has 0 fully saturated rings. The van der Waals surface area contributed by atoms with Gasteiger partial charge in [0.05, 0.1) is 0 Å². The van der Waals surface area contributed by atoms with Crippen molar-refractivity contribution in [3.8, 4) is 0 Å². The van der Waals surface area contributed by atoms with Crippen LogP contribution in [0.1, 0.15) is 13.8 Å². The van der Waals surface area contributed by atoms with Crippen molar-refractivity contribution < 1.29 is 33.4 Å². The number of hydrogen-bond donors (Lipinski definition) is 5. The van der Waals surface area contributed by atoms with E-state index in [0.29, 0.717) is 0 Å². The number of nitrogens with two attached hydrogens (primary N) is 1. The molecule has 12 heteroatoms. The first-order valence-electron chi connectivity index (χ1n) is 7.06. The zero-order chi connectivity index (χ0) is 19.6. The Hall–Kier alpha value is -1.79. The van der Waals surface area contributed by atoms with Crippen LogP contribution in [-0.2, 0) is 33.4 Å². The third kappa shape index (κ3) is 9.31. The molecule has 4 N–H and O–H groups in total. The maximum Gasteiger partial charge on any atom is 0.339 e. The maximum atomic E-state index is 12.0. The van der Waals surface area contributed by atoms with Gasteiger partial charge in [0.2, 0.25) is 11.8 Å². The first-order chi connectivity index (χ1) is 11.6. The zero-order valence-electron chi connectivity index (χ0n) is 13.7. The van der Waals surface area contributed by atoms with Crippen molar-refractivity contribution in [3.05, 3.63) is 0 Å². The average Bonchev–Trinajstić information content (AvgIpc) is 2.54. The van der Waals surface area contributed by atoms with Gasteiger partial charge in [-0.15, -0.1) is 0 Å². The SMILES string of the molecule is CC(=O)N[C@@H](CS)C(=O)OC(=O)[C@H](COC(=O)[C@@H](N)CS)NC(C)=O. The Balaban J connectivity index is 4.87. The number of carbonyl (C=O) groups excluding carboxylic acids is 5. The second-order valence-electron chi connectivity index (χ2n) is 4.85. The Morgan fingerprint density at radius 2 is 1.36 bits per heavy atom. The van der Waals surface area contributed by atoms with Gasteiger partial charge in [0.15, 0.2) is 6.04 Å². The van der Waals surface area contributed by atoms with Gasteiger partial charge in [0, 0.05) is 25.4 Å². The van der Waals surface area contributed by atoms with Gasteiger partial charge < -0.3 is 25.8 Å². The van der Waals surface area contributed by atoms with Crippen LogP contribution in [0.2, 0.25) is 0 Å². The largest absolute Gasteiger partial charge is 0.462 e. The summed E-state index contributed by atoms with van der Waals surface area (Å²) in [4.78, 5) is 57.5. The molecular formula is C13H21N3O7S2. The molecule has 25 heavy (non-hydrogen) atoms. The topological polar surface area (TPSA) is 154 Å². The number of ether oxygens (including phenoxy) is 2. The van der Waals surface area contributed by atoms with Crippen molar-refractivity contribution in [2.24, 2.45) is 5.73 Å². The molecule has 0 bridgehead atoms. The number of carbonyl (C=O) groups is 5. The molecule has 0 aliphatic heterocycles. The molecule has 2 amide bonds. The Bertz CT molecular complexity index is 530. The van der Waals surface area contributed by atoms with E-state index in [1.807, 2.05) is 0 Å². The fraction of sp³-hybridized carbons (Fsp3) is 0.615. The monoisotopic (exact) mass is 395 g/mol. The highest BCUT2D eigenvalue weighted by Gasteiger charge is 2.29. The van der Waals surface area contributed by atoms with Crippen molar-refractivity contribution in [2.75, 3.05) is 18.1 Å². The van der Waals surface area contributed by atoms with E-state index in [4.69, 9.17) is 10.5 Å². The number of nitrogens with one attached hydrogen (secondary N) is 2. The van der Waals surface area contributed by atoms with Crippen LogP contribution in [0.25, 0.3) is 0 Å². The van der Waals surface area contributed by atoms with Gasteiger partial charge in [-0.3, -0.25) is 14.4 Å². The van der Waals surface area contributed by atoms with Crippen LogP contribution in [0.15, 0.2) is 0 Å². The Labute approximate surface area is 155 Å². The van der Waals surface area contributed by atoms with E-state index in [0.717, 1.165) is 6.92 Å². The van der Waals surface area contributed by atoms with Crippen molar-refractivity contribution in [2.45, 2.75) is 32.0 Å². The Morgan fingerprint density at radius 3 is 1.80 bits per heavy atom. The molecule has 0 unspecified atom stereocenters. The Kier molecular flexibility index (Phi) is 10.9. The van der Waals surface area contributed by atoms with Gasteiger partial charge >= 0.3 is 17.9 Å². The molecule has 0 aliphatic rings. The highest BCUT2D eigenvalue weighted by atomic mass is 32.1. The third-order valence-electron chi connectivity index (χ3n) is 2.60. The van der Waals surface area contributed by atoms with Crippen molar-refractivity contribution in [3.63, 3.8) is 0 Å². The summed E-state index contributed by atoms with van der Waals surface area (Å²) in [5.41, 5.74) is 5.41. The van der Waals surface area contributed by atoms with Gasteiger partial charge in [-0.05, 0) is 0 Å². The minimum atomic E-state index is -1.42. The predicted molar refractivity (Wildman–Crippen MR) is 92.9 cm³/mol. The number of esters is 3. The molecule has 0 aromatic heterocycles. The second kappa shape index (κ2) is 11.7. The van der Waals surface area contributed by atoms with Crippen molar-refractivity contribution in [1.29, 1.82) is 0 Å². The van der Waals surface area contributed by atoms with E-state index in [2.05, 4.69) is 40.6 Å². The molecule has 3 atom stereocenters. The highest BCUT2D eigenvalue weighted by Crippen LogP contribution is 1.99. The van der Waals surface area contributed by atoms with Gasteiger partial charge in [0.1, 0.15) is 18.7 Å². The molecule has 0 spiro atoms. The van der Waals surface area contributed by atoms with Crippen LogP contribution in [0.4, 0.5) is 0 Å². The average molecular weight is 395 g/mol. The summed E-state index contributed by atoms with van der Waals surface area (Å²) in [7, 11) is 0. The Morgan fingerprint density at radius 1 is 0.880 bits per heavy atom. The quantitative estimate of drug-likeness (QED) is 0.167. The summed E-state index contributed by atoms with van der Waals surface area (Å²) < 4.78 is 9.38. The van der Waals surface area contributed by atoms with Crippen LogP contribution in [0.3, 0.4) is 0 Å². The van der Waals surface area contributed by atoms with Crippen LogP contribution in [0, 0.1) is 0 Å². The van der Waals surface area contributed by atoms with E-state index in [-0.39, 0.29) is 11.5 Å². The fourth-order valence-corrected chi connectivity index (χ4v) is 1.82. The third-order valence-corrected chi connectivity index (χ3v) is 3.36. The summed E-state index contributed by atoms with van der Waals surface area (Å²) in [5, 5.41) is 4.43. The lowest BCUT2D eigenvalue weighted by Crippen LogP contribution is -2.49. The van der Waals surface area contributed by atoms with Crippen LogP contribution >= 0.6 is 25.3 Å². The van der Waals surface area contributed by atoms with E-state index in [1.54, 1.807) is 0 Å². The lowest BCUT2D eigenvalue weighted by molar-refractivity contribution is -0.165. The molecule has 0 aromatic carbocycles. The smallest absolute Gasteiger partial charge is 0.339 e. The summed E-state index contributed by atoms with van der Waals surface area (Å²) in [5.74, 6) is -4.28. The first-order valence-corrected chi connectivity index (χ1v) is 8.32. The molecule has 142 valence electrons. The van der Waals surface area contributed by atoms with Crippen LogP contribution < -0.4 is 16.4 Å². The number of thiol groups is 2. The van der Waals surface area contributed by atoms with Gasteiger partial charge in [-0.25, -0.2) is 9.59 Å². The van der Waals surface area contributed by atoms with Crippen molar-refractivity contribution >= 4 is 55.0 Å². The lowest BCUT2D eigenvalue weighted by atomic mass is 10.3. The molecule has 10 nitrogen and oxygen atoms in total. The summed E-state index contributed by atoms with van der Waals surface area (Å²) >= 11 is 7.70. The molecule has 0 radical (unpaired) electrons. The molecule has 0 heterocycles. The van der Waals surface area contributed by atoms with Crippen LogP contribution in [0.5, 0.6) is 0 Å². The normalized spacial score (nSPS) is 13.8. The van der Waals surface area contributed by atoms with Crippen molar-refractivity contribution in [1.82, 2.24) is 10.6 Å². The number of rotatable bonds is 9. The number of hydrogen-bond acceptors (Lipinski definition) is 10. The highest BCUT2D eigenvalue weighted by molar-refractivity contribution is 7.80. The van der Waals surface area contributed by atoms with E-state index >= 15 is 0 Å². The fourth-order valence-electron chi connectivity index (χ4n) is 1.43. The lowest BCUT2D eigenvalue weighted by Gasteiger charge is -2.19. The van der Waals surface area contributed by atoms with E-state index < -0.39 is 54.5 Å². The number of amides is 2. The van der Waals surface area contributed by atoms with Gasteiger partial charge in [-0.1, -0.05) is 0 Å². The molecule has 0 aliphatic carbocycles. The summed E-state index contributed by atoms with van der Waals surface area (Å²) in [6.45, 7) is 1.71. The van der Waals surface area contributed by atoms with E-state index in [9.17, 15) is 24.0 Å². The minimum Gasteiger partial charge on any atom is -0.462 e. The molecule has 0 saturated heterocycles. The van der Waals surface area contributed by atoms with Gasteiger partial charge in [0.25, 0.3) is 0 Å². The van der Waals surface area contributed by atoms with E-state index in [1.165, 1.54) is 6.92 Å². The summed E-state index contributed by atoms with van der Waals surface area (Å²) in [6.07, 6.45) is 0. The van der Waals surface area contributed by atoms with Crippen LogP contribution in [-0.4, -0.2) is 66.0 Å². The first kappa shape index (κ1) is 23.2. The standard InChI is InChI=1S/C13H21N3O7S2/c1-6(17)15-9(3-22-11(19)8(14)4-24)12(20)23-13(21)10(5-25)16-7(2)18/h8-10,24-25H,3-5,14H2,1-2H3,(H,15,17)(H,16,18)/t8-,9-,10-/m0/s1. The minimum absolute atomic E-state index is 0.0207. The zero-order valence-corrected chi connectivity index (χ0v) is 15.5.